The van der Waals surface area contributed by atoms with E-state index in [1.165, 1.54) is 96.3 Å². The van der Waals surface area contributed by atoms with E-state index < -0.39 is 0 Å². The molecule has 1 fully saturated rings. The fraction of sp³-hybridized carbons (Fsp3) is 0.639. The average Bonchev–Trinajstić information content (AvgIpc) is 2.99. The second-order valence-electron chi connectivity index (χ2n) is 11.7. The van der Waals surface area contributed by atoms with Crippen molar-refractivity contribution in [1.29, 1.82) is 0 Å². The Hall–Kier alpha value is -2.49. The minimum Gasteiger partial charge on any atom is -0.494 e. The molecule has 0 aromatic heterocycles. The molecule has 0 radical (unpaired) electrons. The molecule has 222 valence electrons. The van der Waals surface area contributed by atoms with Gasteiger partial charge in [-0.1, -0.05) is 104 Å². The van der Waals surface area contributed by atoms with Crippen molar-refractivity contribution in [3.8, 4) is 17.2 Å². The highest BCUT2D eigenvalue weighted by Crippen LogP contribution is 2.34. The summed E-state index contributed by atoms with van der Waals surface area (Å²) in [5.41, 5.74) is 0.511. The van der Waals surface area contributed by atoms with E-state index in [2.05, 4.69) is 13.8 Å². The number of hydrogen-bond acceptors (Lipinski definition) is 4. The Bertz CT molecular complexity index is 913. The topological polar surface area (TPSA) is 44.8 Å². The normalized spacial score (nSPS) is 16.9. The summed E-state index contributed by atoms with van der Waals surface area (Å²) in [6.07, 6.45) is 22.5. The molecule has 0 atom stereocenters. The molecule has 0 saturated heterocycles. The van der Waals surface area contributed by atoms with Gasteiger partial charge in [-0.05, 0) is 79.6 Å². The van der Waals surface area contributed by atoms with Crippen LogP contribution in [0.1, 0.15) is 133 Å². The first-order chi connectivity index (χ1) is 19.7. The van der Waals surface area contributed by atoms with Gasteiger partial charge in [0.25, 0.3) is 0 Å². The van der Waals surface area contributed by atoms with Crippen LogP contribution in [-0.2, 0) is 0 Å². The smallest absolute Gasteiger partial charge is 0.343 e. The highest BCUT2D eigenvalue weighted by Gasteiger charge is 2.20. The summed E-state index contributed by atoms with van der Waals surface area (Å²) >= 11 is 0. The van der Waals surface area contributed by atoms with Gasteiger partial charge in [0.2, 0.25) is 0 Å². The lowest BCUT2D eigenvalue weighted by Gasteiger charge is -2.28. The third kappa shape index (κ3) is 12.8. The zero-order valence-electron chi connectivity index (χ0n) is 25.3. The maximum absolute atomic E-state index is 12.5. The second kappa shape index (κ2) is 19.6. The molecule has 0 heterocycles. The minimum absolute atomic E-state index is 0.369. The van der Waals surface area contributed by atoms with Gasteiger partial charge in [0.05, 0.1) is 18.8 Å². The van der Waals surface area contributed by atoms with E-state index in [1.807, 2.05) is 24.3 Å². The average molecular weight is 551 g/mol. The predicted octanol–water partition coefficient (Wildman–Crippen LogP) is 10.6. The quantitative estimate of drug-likeness (QED) is 0.0934. The van der Waals surface area contributed by atoms with Crippen LogP contribution in [0.4, 0.5) is 0 Å². The Morgan fingerprint density at radius 1 is 0.575 bits per heavy atom. The Labute approximate surface area is 244 Å². The zero-order valence-corrected chi connectivity index (χ0v) is 25.3. The molecule has 4 nitrogen and oxygen atoms in total. The van der Waals surface area contributed by atoms with E-state index in [1.54, 1.807) is 24.3 Å². The number of rotatable bonds is 20. The van der Waals surface area contributed by atoms with Gasteiger partial charge in [-0.15, -0.1) is 0 Å². The van der Waals surface area contributed by atoms with Crippen LogP contribution >= 0.6 is 0 Å². The molecule has 2 aromatic rings. The zero-order chi connectivity index (χ0) is 28.3. The summed E-state index contributed by atoms with van der Waals surface area (Å²) in [6, 6.07) is 14.5. The number of unbranched alkanes of at least 4 members (excludes halogenated alkanes) is 8. The molecule has 0 N–H and O–H groups in total. The summed E-state index contributed by atoms with van der Waals surface area (Å²) in [5, 5.41) is 0. The fourth-order valence-electron chi connectivity index (χ4n) is 5.76. The molecule has 4 heteroatoms. The lowest BCUT2D eigenvalue weighted by Crippen LogP contribution is -2.15. The molecule has 0 amide bonds. The molecular formula is C36H54O4. The summed E-state index contributed by atoms with van der Waals surface area (Å²) in [6.45, 7) is 5.96. The second-order valence-corrected chi connectivity index (χ2v) is 11.7. The Kier molecular flexibility index (Phi) is 15.7. The van der Waals surface area contributed by atoms with Gasteiger partial charge < -0.3 is 14.2 Å². The van der Waals surface area contributed by atoms with E-state index in [0.717, 1.165) is 42.8 Å². The highest BCUT2D eigenvalue weighted by atomic mass is 16.5. The maximum Gasteiger partial charge on any atom is 0.343 e. The van der Waals surface area contributed by atoms with E-state index >= 15 is 0 Å². The van der Waals surface area contributed by atoms with Gasteiger partial charge in [0, 0.05) is 0 Å². The number of hydrogen-bond donors (Lipinski definition) is 0. The standard InChI is InChI=1S/C36H54O4/c1-3-5-7-9-11-14-30-16-18-31(19-17-30)15-13-29-39-34-24-26-35(27-25-34)40-36(37)32-20-22-33(23-21-32)38-28-12-10-8-6-4-2/h20-27,30-31H,3-19,28-29H2,1-2H3/t30-,31-. The summed E-state index contributed by atoms with van der Waals surface area (Å²) in [4.78, 5) is 12.5. The van der Waals surface area contributed by atoms with Crippen molar-refractivity contribution < 1.29 is 19.0 Å². The number of ether oxygens (including phenoxy) is 3. The molecule has 40 heavy (non-hydrogen) atoms. The van der Waals surface area contributed by atoms with Gasteiger partial charge in [-0.3, -0.25) is 0 Å². The fourth-order valence-corrected chi connectivity index (χ4v) is 5.76. The Morgan fingerprint density at radius 3 is 1.60 bits per heavy atom. The lowest BCUT2D eigenvalue weighted by atomic mass is 9.78. The van der Waals surface area contributed by atoms with Crippen LogP contribution < -0.4 is 14.2 Å². The van der Waals surface area contributed by atoms with Gasteiger partial charge in [-0.2, -0.15) is 0 Å². The molecule has 0 unspecified atom stereocenters. The van der Waals surface area contributed by atoms with Crippen LogP contribution in [-0.4, -0.2) is 19.2 Å². The third-order valence-electron chi connectivity index (χ3n) is 8.35. The van der Waals surface area contributed by atoms with Gasteiger partial charge >= 0.3 is 5.97 Å². The Balaban J connectivity index is 1.26. The predicted molar refractivity (Wildman–Crippen MR) is 166 cm³/mol. The monoisotopic (exact) mass is 550 g/mol. The first kappa shape index (κ1) is 32.0. The first-order valence-electron chi connectivity index (χ1n) is 16.4. The van der Waals surface area contributed by atoms with Crippen molar-refractivity contribution in [3.05, 3.63) is 54.1 Å². The molecular weight excluding hydrogens is 496 g/mol. The van der Waals surface area contributed by atoms with E-state index in [9.17, 15) is 4.79 Å². The van der Waals surface area contributed by atoms with Crippen molar-refractivity contribution >= 4 is 5.97 Å². The lowest BCUT2D eigenvalue weighted by molar-refractivity contribution is 0.0734. The number of carbonyl (C=O) groups is 1. The Morgan fingerprint density at radius 2 is 1.02 bits per heavy atom. The largest absolute Gasteiger partial charge is 0.494 e. The van der Waals surface area contributed by atoms with Crippen LogP contribution in [0.2, 0.25) is 0 Å². The molecule has 0 aliphatic heterocycles. The van der Waals surface area contributed by atoms with Crippen LogP contribution in [0.5, 0.6) is 17.2 Å². The van der Waals surface area contributed by atoms with Gasteiger partial charge in [0.1, 0.15) is 17.2 Å². The molecule has 1 aliphatic rings. The van der Waals surface area contributed by atoms with Crippen molar-refractivity contribution in [2.75, 3.05) is 13.2 Å². The third-order valence-corrected chi connectivity index (χ3v) is 8.35. The number of esters is 1. The van der Waals surface area contributed by atoms with E-state index in [4.69, 9.17) is 14.2 Å². The van der Waals surface area contributed by atoms with Gasteiger partial charge in [0.15, 0.2) is 0 Å². The molecule has 1 aliphatic carbocycles. The van der Waals surface area contributed by atoms with Crippen molar-refractivity contribution in [2.24, 2.45) is 11.8 Å². The molecule has 0 bridgehead atoms. The SMILES string of the molecule is CCCCCCCOc1ccc(C(=O)Oc2ccc(OCCC[C@H]3CC[C@H](CCCCCCC)CC3)cc2)cc1. The number of carbonyl (C=O) groups excluding carboxylic acids is 1. The van der Waals surface area contributed by atoms with Crippen LogP contribution in [0.15, 0.2) is 48.5 Å². The number of benzene rings is 2. The van der Waals surface area contributed by atoms with Crippen LogP contribution in [0.25, 0.3) is 0 Å². The molecule has 0 spiro atoms. The van der Waals surface area contributed by atoms with Gasteiger partial charge in [-0.25, -0.2) is 4.79 Å². The summed E-state index contributed by atoms with van der Waals surface area (Å²) in [5.74, 6) is 3.61. The summed E-state index contributed by atoms with van der Waals surface area (Å²) in [7, 11) is 0. The van der Waals surface area contributed by atoms with Crippen LogP contribution in [0, 0.1) is 11.8 Å². The highest BCUT2D eigenvalue weighted by molar-refractivity contribution is 5.91. The first-order valence-corrected chi connectivity index (χ1v) is 16.4. The van der Waals surface area contributed by atoms with E-state index in [0.29, 0.717) is 17.9 Å². The summed E-state index contributed by atoms with van der Waals surface area (Å²) < 4.78 is 17.3. The van der Waals surface area contributed by atoms with Crippen LogP contribution in [0.3, 0.4) is 0 Å². The molecule has 3 rings (SSSR count). The maximum atomic E-state index is 12.5. The minimum atomic E-state index is -0.369. The van der Waals surface area contributed by atoms with E-state index in [-0.39, 0.29) is 5.97 Å². The molecule has 2 aromatic carbocycles. The molecule has 1 saturated carbocycles. The van der Waals surface area contributed by atoms with Crippen molar-refractivity contribution in [1.82, 2.24) is 0 Å². The van der Waals surface area contributed by atoms with Crippen molar-refractivity contribution in [2.45, 2.75) is 123 Å². The van der Waals surface area contributed by atoms with Crippen molar-refractivity contribution in [3.63, 3.8) is 0 Å².